The van der Waals surface area contributed by atoms with E-state index in [-0.39, 0.29) is 11.9 Å². The Morgan fingerprint density at radius 1 is 1.27 bits per heavy atom. The van der Waals surface area contributed by atoms with Crippen LogP contribution in [0.1, 0.15) is 53.1 Å². The number of hydrogen-bond acceptors (Lipinski definition) is 7. The number of likely N-dealkylation sites (tertiary alicyclic amines) is 1. The van der Waals surface area contributed by atoms with E-state index in [4.69, 9.17) is 0 Å². The van der Waals surface area contributed by atoms with Crippen LogP contribution in [0.5, 0.6) is 0 Å². The highest BCUT2D eigenvalue weighted by Crippen LogP contribution is 2.32. The number of H-pyrrole nitrogens is 1. The number of anilines is 2. The van der Waals surface area contributed by atoms with Crippen LogP contribution in [0.2, 0.25) is 0 Å². The maximum absolute atomic E-state index is 12.9. The normalized spacial score (nSPS) is 16.9. The zero-order chi connectivity index (χ0) is 21.1. The average molecular weight is 424 g/mol. The van der Waals surface area contributed by atoms with Gasteiger partial charge < -0.3 is 15.2 Å². The van der Waals surface area contributed by atoms with Crippen molar-refractivity contribution in [1.82, 2.24) is 29.8 Å². The number of piperidine rings is 1. The Balaban J connectivity index is 1.57. The van der Waals surface area contributed by atoms with Gasteiger partial charge in [0.05, 0.1) is 35.6 Å². The number of thiazole rings is 1. The fourth-order valence-electron chi connectivity index (χ4n) is 3.58. The lowest BCUT2D eigenvalue weighted by atomic mass is 9.98. The number of amides is 1. The Morgan fingerprint density at radius 2 is 2.13 bits per heavy atom. The third-order valence-corrected chi connectivity index (χ3v) is 6.16. The molecule has 30 heavy (non-hydrogen) atoms. The van der Waals surface area contributed by atoms with E-state index < -0.39 is 0 Å². The van der Waals surface area contributed by atoms with Gasteiger partial charge in [0.1, 0.15) is 11.6 Å². The first-order valence-electron chi connectivity index (χ1n) is 10.0. The predicted octanol–water partition coefficient (Wildman–Crippen LogP) is 4.09. The number of nitrogens with zero attached hydrogens (tertiary/aromatic N) is 5. The highest BCUT2D eigenvalue weighted by molar-refractivity contribution is 7.15. The van der Waals surface area contributed by atoms with Gasteiger partial charge >= 0.3 is 0 Å². The first-order chi connectivity index (χ1) is 14.5. The molecule has 1 aliphatic heterocycles. The fraction of sp³-hybridized carbons (Fsp3) is 0.381. The molecule has 0 aliphatic carbocycles. The lowest BCUT2D eigenvalue weighted by molar-refractivity contribution is -0.129. The Kier molecular flexibility index (Phi) is 5.89. The van der Waals surface area contributed by atoms with Crippen LogP contribution in [-0.2, 0) is 4.79 Å². The fourth-order valence-corrected chi connectivity index (χ4v) is 4.40. The summed E-state index contributed by atoms with van der Waals surface area (Å²) in [6, 6.07) is 1.87. The molecule has 1 unspecified atom stereocenters. The van der Waals surface area contributed by atoms with Crippen molar-refractivity contribution >= 4 is 34.3 Å². The van der Waals surface area contributed by atoms with E-state index in [1.54, 1.807) is 36.0 Å². The number of aromatic nitrogens is 5. The minimum atomic E-state index is -0.0697. The largest absolute Gasteiger partial charge is 0.345 e. The second-order valence-electron chi connectivity index (χ2n) is 7.39. The van der Waals surface area contributed by atoms with Crippen LogP contribution in [0.15, 0.2) is 24.7 Å². The second-order valence-corrected chi connectivity index (χ2v) is 8.60. The third kappa shape index (κ3) is 4.56. The summed E-state index contributed by atoms with van der Waals surface area (Å²) in [5, 5.41) is 4.11. The van der Waals surface area contributed by atoms with E-state index in [1.807, 2.05) is 24.8 Å². The lowest BCUT2D eigenvalue weighted by Gasteiger charge is -2.35. The summed E-state index contributed by atoms with van der Waals surface area (Å²) < 4.78 is 0. The van der Waals surface area contributed by atoms with Crippen LogP contribution in [0.3, 0.4) is 0 Å². The minimum absolute atomic E-state index is 0.0220. The summed E-state index contributed by atoms with van der Waals surface area (Å²) in [6.07, 6.45) is 9.58. The molecule has 8 nitrogen and oxygen atoms in total. The number of hydrogen-bond donors (Lipinski definition) is 2. The molecule has 1 aliphatic rings. The predicted molar refractivity (Wildman–Crippen MR) is 118 cm³/mol. The van der Waals surface area contributed by atoms with Crippen LogP contribution in [0.25, 0.3) is 6.08 Å². The molecule has 3 aromatic rings. The minimum Gasteiger partial charge on any atom is -0.345 e. The zero-order valence-electron chi connectivity index (χ0n) is 17.3. The van der Waals surface area contributed by atoms with Gasteiger partial charge in [0.15, 0.2) is 5.13 Å². The zero-order valence-corrected chi connectivity index (χ0v) is 18.2. The molecule has 1 fully saturated rings. The third-order valence-electron chi connectivity index (χ3n) is 5.17. The quantitative estimate of drug-likeness (QED) is 0.600. The molecule has 1 saturated heterocycles. The summed E-state index contributed by atoms with van der Waals surface area (Å²) in [6.45, 7) is 6.64. The summed E-state index contributed by atoms with van der Waals surface area (Å²) in [7, 11) is 0. The first-order valence-corrected chi connectivity index (χ1v) is 10.8. The Bertz CT molecular complexity index is 1040. The van der Waals surface area contributed by atoms with Crippen LogP contribution in [0, 0.1) is 20.8 Å². The van der Waals surface area contributed by atoms with Crippen molar-refractivity contribution in [3.63, 3.8) is 0 Å². The Morgan fingerprint density at radius 3 is 2.87 bits per heavy atom. The molecular formula is C21H25N7OS. The topological polar surface area (TPSA) is 99.7 Å². The molecule has 1 amide bonds. The van der Waals surface area contributed by atoms with Crippen molar-refractivity contribution in [2.45, 2.75) is 46.1 Å². The van der Waals surface area contributed by atoms with Gasteiger partial charge in [-0.2, -0.15) is 0 Å². The molecule has 0 radical (unpaired) electrons. The molecule has 0 saturated carbocycles. The lowest BCUT2D eigenvalue weighted by Crippen LogP contribution is -2.38. The van der Waals surface area contributed by atoms with Gasteiger partial charge in [0.2, 0.25) is 5.91 Å². The highest BCUT2D eigenvalue weighted by atomic mass is 32.1. The number of rotatable bonds is 5. The molecule has 4 heterocycles. The summed E-state index contributed by atoms with van der Waals surface area (Å²) in [5.41, 5.74) is 2.68. The molecule has 2 N–H and O–H groups in total. The average Bonchev–Trinajstić information content (AvgIpc) is 3.35. The van der Waals surface area contributed by atoms with Gasteiger partial charge in [0.25, 0.3) is 0 Å². The number of carbonyl (C=O) groups is 1. The summed E-state index contributed by atoms with van der Waals surface area (Å²) in [5.74, 6) is 1.36. The van der Waals surface area contributed by atoms with E-state index in [0.29, 0.717) is 18.2 Å². The van der Waals surface area contributed by atoms with Crippen LogP contribution >= 0.6 is 11.3 Å². The standard InChI is InChI=1S/C21H25N7OS/c1-13-14(2)30-21(24-13)27-19-10-17(25-15(3)26-19)18-6-4-5-9-28(18)20(29)8-7-16-11-22-12-23-16/h7-8,10-12,18H,4-6,9H2,1-3H3,(H,22,23)(H,24,25,26,27)/b8-7+. The summed E-state index contributed by atoms with van der Waals surface area (Å²) >= 11 is 1.60. The van der Waals surface area contributed by atoms with E-state index in [2.05, 4.69) is 37.2 Å². The monoisotopic (exact) mass is 423 g/mol. The van der Waals surface area contributed by atoms with E-state index in [9.17, 15) is 4.79 Å². The molecule has 156 valence electrons. The Labute approximate surface area is 179 Å². The molecular weight excluding hydrogens is 398 g/mol. The summed E-state index contributed by atoms with van der Waals surface area (Å²) in [4.78, 5) is 36.7. The number of aryl methyl sites for hydroxylation is 3. The maximum atomic E-state index is 12.9. The molecule has 0 spiro atoms. The molecule has 0 bridgehead atoms. The van der Waals surface area contributed by atoms with Crippen LogP contribution in [0.4, 0.5) is 10.9 Å². The first kappa shape index (κ1) is 20.2. The molecule has 1 atom stereocenters. The van der Waals surface area contributed by atoms with Crippen molar-refractivity contribution in [2.75, 3.05) is 11.9 Å². The van der Waals surface area contributed by atoms with Crippen LogP contribution in [-0.4, -0.2) is 42.3 Å². The number of aromatic amines is 1. The molecule has 0 aromatic carbocycles. The maximum Gasteiger partial charge on any atom is 0.247 e. The SMILES string of the molecule is Cc1nc(Nc2nc(C)c(C)s2)cc(C2CCCCN2C(=O)/C=C/c2cnc[nH]2)n1. The number of carbonyl (C=O) groups excluding carboxylic acids is 1. The van der Waals surface area contributed by atoms with E-state index >= 15 is 0 Å². The van der Waals surface area contributed by atoms with E-state index in [1.165, 1.54) is 4.88 Å². The van der Waals surface area contributed by atoms with Crippen molar-refractivity contribution in [1.29, 1.82) is 0 Å². The Hall–Kier alpha value is -3.07. The van der Waals surface area contributed by atoms with Crippen LogP contribution < -0.4 is 5.32 Å². The van der Waals surface area contributed by atoms with Crippen molar-refractivity contribution in [3.05, 3.63) is 52.4 Å². The van der Waals surface area contributed by atoms with Gasteiger partial charge in [0, 0.05) is 23.6 Å². The number of nitrogens with one attached hydrogen (secondary N) is 2. The van der Waals surface area contributed by atoms with Crippen molar-refractivity contribution in [3.8, 4) is 0 Å². The van der Waals surface area contributed by atoms with Gasteiger partial charge in [-0.05, 0) is 46.1 Å². The van der Waals surface area contributed by atoms with Gasteiger partial charge in [-0.3, -0.25) is 4.79 Å². The van der Waals surface area contributed by atoms with Gasteiger partial charge in [-0.25, -0.2) is 19.9 Å². The molecule has 9 heteroatoms. The van der Waals surface area contributed by atoms with Gasteiger partial charge in [-0.15, -0.1) is 11.3 Å². The highest BCUT2D eigenvalue weighted by Gasteiger charge is 2.28. The molecule has 3 aromatic heterocycles. The second kappa shape index (κ2) is 8.74. The number of imidazole rings is 1. The van der Waals surface area contributed by atoms with Crippen molar-refractivity contribution in [2.24, 2.45) is 0 Å². The smallest absolute Gasteiger partial charge is 0.247 e. The molecule has 4 rings (SSSR count). The van der Waals surface area contributed by atoms with Crippen molar-refractivity contribution < 1.29 is 4.79 Å². The van der Waals surface area contributed by atoms with E-state index in [0.717, 1.165) is 41.5 Å². The van der Waals surface area contributed by atoms with Gasteiger partial charge in [-0.1, -0.05) is 0 Å².